The SMILES string of the molecule is COCCN1CCN(c2cc3c(cn2)CN(c2nccc(-c4nccc(C#Cn5ncc6ccccc65)n4)n2)C3)CC1. The first-order valence-electron chi connectivity index (χ1n) is 14.0. The van der Waals surface area contributed by atoms with Gasteiger partial charge in [-0.25, -0.2) is 24.9 Å². The molecular formula is C31H30N10O. The zero-order chi connectivity index (χ0) is 28.3. The Balaban J connectivity index is 1.05. The van der Waals surface area contributed by atoms with Gasteiger partial charge in [-0.15, -0.1) is 0 Å². The number of hydrogen-bond donors (Lipinski definition) is 0. The number of piperazine rings is 1. The zero-order valence-electron chi connectivity index (χ0n) is 23.4. The molecule has 7 rings (SSSR count). The Kier molecular flexibility index (Phi) is 7.13. The molecule has 4 aromatic heterocycles. The highest BCUT2D eigenvalue weighted by atomic mass is 16.5. The second-order valence-corrected chi connectivity index (χ2v) is 10.3. The molecule has 0 bridgehead atoms. The molecule has 2 aliphatic heterocycles. The number of benzene rings is 1. The summed E-state index contributed by atoms with van der Waals surface area (Å²) in [4.78, 5) is 30.3. The molecule has 11 heteroatoms. The van der Waals surface area contributed by atoms with Crippen molar-refractivity contribution in [3.63, 3.8) is 0 Å². The van der Waals surface area contributed by atoms with E-state index in [2.05, 4.69) is 52.8 Å². The van der Waals surface area contributed by atoms with Gasteiger partial charge in [0.1, 0.15) is 17.2 Å². The number of nitrogens with zero attached hydrogens (tertiary/aromatic N) is 10. The molecule has 1 fully saturated rings. The molecule has 0 spiro atoms. The Bertz CT molecular complexity index is 1780. The second-order valence-electron chi connectivity index (χ2n) is 10.3. The summed E-state index contributed by atoms with van der Waals surface area (Å²) in [5, 5.41) is 5.41. The lowest BCUT2D eigenvalue weighted by Gasteiger charge is -2.35. The van der Waals surface area contributed by atoms with Gasteiger partial charge in [-0.05, 0) is 41.3 Å². The van der Waals surface area contributed by atoms with Crippen LogP contribution >= 0.6 is 0 Å². The van der Waals surface area contributed by atoms with E-state index in [4.69, 9.17) is 14.7 Å². The van der Waals surface area contributed by atoms with Gasteiger partial charge in [0.2, 0.25) is 5.95 Å². The molecule has 6 heterocycles. The number of ether oxygens (including phenoxy) is 1. The predicted molar refractivity (Wildman–Crippen MR) is 160 cm³/mol. The van der Waals surface area contributed by atoms with Gasteiger partial charge in [-0.1, -0.05) is 18.2 Å². The molecule has 0 radical (unpaired) electrons. The fourth-order valence-corrected chi connectivity index (χ4v) is 5.35. The van der Waals surface area contributed by atoms with Crippen LogP contribution in [-0.4, -0.2) is 86.0 Å². The van der Waals surface area contributed by atoms with Crippen LogP contribution in [0, 0.1) is 12.0 Å². The number of aromatic nitrogens is 7. The molecule has 11 nitrogen and oxygen atoms in total. The number of rotatable bonds is 6. The largest absolute Gasteiger partial charge is 0.383 e. The first-order valence-corrected chi connectivity index (χ1v) is 14.0. The lowest BCUT2D eigenvalue weighted by Crippen LogP contribution is -2.47. The van der Waals surface area contributed by atoms with Crippen molar-refractivity contribution in [1.82, 2.24) is 39.6 Å². The van der Waals surface area contributed by atoms with Gasteiger partial charge in [0.15, 0.2) is 5.82 Å². The highest BCUT2D eigenvalue weighted by Crippen LogP contribution is 2.29. The minimum Gasteiger partial charge on any atom is -0.383 e. The standard InChI is InChI=1S/C31H30N10O/c1-42-17-16-38-12-14-39(15-13-38)29-18-24-21-40(22-25(24)19-34-29)31-33-10-7-27(37-31)30-32-9-6-26(36-30)8-11-41-28-5-3-2-4-23(28)20-35-41/h2-7,9-10,18-20H,12-17,21-22H2,1H3. The Labute approximate surface area is 243 Å². The van der Waals surface area contributed by atoms with Crippen molar-refractivity contribution in [2.24, 2.45) is 0 Å². The van der Waals surface area contributed by atoms with Crippen molar-refractivity contribution in [3.8, 4) is 23.5 Å². The highest BCUT2D eigenvalue weighted by molar-refractivity contribution is 5.79. The monoisotopic (exact) mass is 558 g/mol. The van der Waals surface area contributed by atoms with Crippen LogP contribution in [-0.2, 0) is 17.8 Å². The lowest BCUT2D eigenvalue weighted by atomic mass is 10.2. The molecule has 0 unspecified atom stereocenters. The van der Waals surface area contributed by atoms with E-state index < -0.39 is 0 Å². The van der Waals surface area contributed by atoms with Crippen LogP contribution in [0.3, 0.4) is 0 Å². The van der Waals surface area contributed by atoms with Crippen molar-refractivity contribution >= 4 is 22.7 Å². The Hall–Kier alpha value is -4.92. The number of fused-ring (bicyclic) bond motifs is 2. The molecule has 1 aromatic carbocycles. The number of pyridine rings is 1. The molecule has 42 heavy (non-hydrogen) atoms. The number of hydrogen-bond acceptors (Lipinski definition) is 10. The molecule has 5 aromatic rings. The minimum absolute atomic E-state index is 0.501. The van der Waals surface area contributed by atoms with E-state index in [-0.39, 0.29) is 0 Å². The van der Waals surface area contributed by atoms with Crippen LogP contribution in [0.25, 0.3) is 22.4 Å². The predicted octanol–water partition coefficient (Wildman–Crippen LogP) is 2.82. The van der Waals surface area contributed by atoms with Crippen LogP contribution in [0.4, 0.5) is 11.8 Å². The molecule has 0 N–H and O–H groups in total. The molecule has 0 saturated carbocycles. The van der Waals surface area contributed by atoms with Crippen LogP contribution < -0.4 is 9.80 Å². The van der Waals surface area contributed by atoms with Gasteiger partial charge in [0.05, 0.1) is 18.3 Å². The third-order valence-corrected chi connectivity index (χ3v) is 7.68. The number of para-hydroxylation sites is 1. The third kappa shape index (κ3) is 5.37. The molecule has 0 atom stereocenters. The summed E-state index contributed by atoms with van der Waals surface area (Å²) in [5.74, 6) is 5.27. The topological polar surface area (TPSA) is 101 Å². The summed E-state index contributed by atoms with van der Waals surface area (Å²) >= 11 is 0. The van der Waals surface area contributed by atoms with E-state index in [9.17, 15) is 0 Å². The van der Waals surface area contributed by atoms with Gasteiger partial charge in [-0.2, -0.15) is 9.78 Å². The summed E-state index contributed by atoms with van der Waals surface area (Å²) in [7, 11) is 1.75. The Morgan fingerprint density at radius 3 is 2.62 bits per heavy atom. The normalized spacial score (nSPS) is 15.1. The second kappa shape index (κ2) is 11.5. The van der Waals surface area contributed by atoms with E-state index in [0.717, 1.165) is 62.6 Å². The number of methoxy groups -OCH3 is 1. The molecule has 210 valence electrons. The number of anilines is 2. The molecular weight excluding hydrogens is 528 g/mol. The van der Waals surface area contributed by atoms with E-state index in [1.54, 1.807) is 36.4 Å². The molecule has 0 aliphatic carbocycles. The van der Waals surface area contributed by atoms with Crippen LogP contribution in [0.15, 0.2) is 67.3 Å². The maximum Gasteiger partial charge on any atom is 0.226 e. The van der Waals surface area contributed by atoms with Gasteiger partial charge in [0.25, 0.3) is 0 Å². The Morgan fingerprint density at radius 2 is 1.71 bits per heavy atom. The summed E-state index contributed by atoms with van der Waals surface area (Å²) in [6, 6.07) is 16.9. The molecule has 1 saturated heterocycles. The Morgan fingerprint density at radius 1 is 0.857 bits per heavy atom. The van der Waals surface area contributed by atoms with Gasteiger partial charge in [0, 0.05) is 82.9 Å². The van der Waals surface area contributed by atoms with E-state index >= 15 is 0 Å². The smallest absolute Gasteiger partial charge is 0.226 e. The van der Waals surface area contributed by atoms with Crippen molar-refractivity contribution in [1.29, 1.82) is 0 Å². The molecule has 2 aliphatic rings. The van der Waals surface area contributed by atoms with Gasteiger partial charge < -0.3 is 14.5 Å². The van der Waals surface area contributed by atoms with Crippen LogP contribution in [0.1, 0.15) is 16.8 Å². The van der Waals surface area contributed by atoms with E-state index in [1.165, 1.54) is 11.1 Å². The van der Waals surface area contributed by atoms with Gasteiger partial charge in [-0.3, -0.25) is 4.90 Å². The third-order valence-electron chi connectivity index (χ3n) is 7.68. The van der Waals surface area contributed by atoms with E-state index in [0.29, 0.717) is 29.7 Å². The first kappa shape index (κ1) is 26.0. The minimum atomic E-state index is 0.501. The first-order chi connectivity index (χ1) is 20.7. The lowest BCUT2D eigenvalue weighted by molar-refractivity contribution is 0.144. The average Bonchev–Trinajstić information content (AvgIpc) is 3.67. The van der Waals surface area contributed by atoms with Gasteiger partial charge >= 0.3 is 0 Å². The van der Waals surface area contributed by atoms with Crippen molar-refractivity contribution < 1.29 is 4.74 Å². The van der Waals surface area contributed by atoms with E-state index in [1.807, 2.05) is 36.5 Å². The highest BCUT2D eigenvalue weighted by Gasteiger charge is 2.25. The fourth-order valence-electron chi connectivity index (χ4n) is 5.35. The quantitative estimate of drug-likeness (QED) is 0.289. The zero-order valence-corrected chi connectivity index (χ0v) is 23.4. The summed E-state index contributed by atoms with van der Waals surface area (Å²) in [6.07, 6.45) is 7.26. The van der Waals surface area contributed by atoms with Crippen molar-refractivity contribution in [2.45, 2.75) is 13.1 Å². The van der Waals surface area contributed by atoms with Crippen molar-refractivity contribution in [3.05, 3.63) is 84.1 Å². The molecule has 0 amide bonds. The summed E-state index contributed by atoms with van der Waals surface area (Å²) in [5.41, 5.74) is 4.65. The fraction of sp³-hybridized carbons (Fsp3) is 0.290. The maximum atomic E-state index is 5.23. The summed E-state index contributed by atoms with van der Waals surface area (Å²) < 4.78 is 6.89. The van der Waals surface area contributed by atoms with Crippen molar-refractivity contribution in [2.75, 3.05) is 56.2 Å². The summed E-state index contributed by atoms with van der Waals surface area (Å²) in [6.45, 7) is 7.15. The maximum absolute atomic E-state index is 5.23. The van der Waals surface area contributed by atoms with Crippen LogP contribution in [0.2, 0.25) is 0 Å². The average molecular weight is 559 g/mol. The van der Waals surface area contributed by atoms with Crippen LogP contribution in [0.5, 0.6) is 0 Å².